The summed E-state index contributed by atoms with van der Waals surface area (Å²) in [5.74, 6) is -0.761. The van der Waals surface area contributed by atoms with E-state index in [2.05, 4.69) is 5.32 Å². The molecule has 112 valence electrons. The first-order valence-electron chi connectivity index (χ1n) is 6.67. The molecule has 0 spiro atoms. The molecule has 5 nitrogen and oxygen atoms in total. The zero-order valence-corrected chi connectivity index (χ0v) is 11.9. The van der Waals surface area contributed by atoms with Gasteiger partial charge in [-0.2, -0.15) is 0 Å². The van der Waals surface area contributed by atoms with Gasteiger partial charge in [-0.1, -0.05) is 0 Å². The fourth-order valence-electron chi connectivity index (χ4n) is 2.07. The molecule has 0 saturated heterocycles. The third-order valence-corrected chi connectivity index (χ3v) is 3.15. The summed E-state index contributed by atoms with van der Waals surface area (Å²) >= 11 is 0. The highest BCUT2D eigenvalue weighted by Gasteiger charge is 2.18. The Balaban J connectivity index is 2.81. The van der Waals surface area contributed by atoms with Gasteiger partial charge < -0.3 is 11.1 Å². The molecular formula is C14H22FN3O2. The lowest BCUT2D eigenvalue weighted by Gasteiger charge is -2.19. The van der Waals surface area contributed by atoms with Gasteiger partial charge in [0.1, 0.15) is 11.9 Å². The van der Waals surface area contributed by atoms with E-state index in [1.807, 2.05) is 0 Å². The van der Waals surface area contributed by atoms with Gasteiger partial charge in [-0.15, -0.1) is 0 Å². The lowest BCUT2D eigenvalue weighted by atomic mass is 10.1. The third kappa shape index (κ3) is 4.47. The Hall–Kier alpha value is -1.66. The third-order valence-electron chi connectivity index (χ3n) is 3.15. The van der Waals surface area contributed by atoms with Crippen molar-refractivity contribution in [2.45, 2.75) is 39.2 Å². The lowest BCUT2D eigenvalue weighted by Crippen LogP contribution is -2.38. The van der Waals surface area contributed by atoms with Gasteiger partial charge in [-0.05, 0) is 62.9 Å². The first-order valence-corrected chi connectivity index (χ1v) is 6.67. The number of halogens is 1. The summed E-state index contributed by atoms with van der Waals surface area (Å²) in [6.45, 7) is 3.90. The highest BCUT2D eigenvalue weighted by Crippen LogP contribution is 2.20. The number of benzene rings is 1. The number of hydrogen-bond donors (Lipinski definition) is 4. The Morgan fingerprint density at radius 3 is 2.45 bits per heavy atom. The molecule has 1 aromatic rings. The van der Waals surface area contributed by atoms with E-state index in [1.165, 1.54) is 0 Å². The van der Waals surface area contributed by atoms with E-state index in [0.29, 0.717) is 29.8 Å². The van der Waals surface area contributed by atoms with Crippen LogP contribution in [0.3, 0.4) is 0 Å². The minimum Gasteiger partial charge on any atom is -0.374 e. The number of aryl methyl sites for hydroxylation is 2. The second kappa shape index (κ2) is 7.81. The topological polar surface area (TPSA) is 87.4 Å². The Labute approximate surface area is 118 Å². The van der Waals surface area contributed by atoms with E-state index in [4.69, 9.17) is 10.9 Å². The Morgan fingerprint density at radius 2 is 1.95 bits per heavy atom. The Morgan fingerprint density at radius 1 is 1.35 bits per heavy atom. The number of nitrogens with one attached hydrogen (secondary N) is 2. The number of nitrogens with two attached hydrogens (primary N) is 1. The van der Waals surface area contributed by atoms with Gasteiger partial charge in [0, 0.05) is 5.69 Å². The first kappa shape index (κ1) is 16.4. The summed E-state index contributed by atoms with van der Waals surface area (Å²) in [5.41, 5.74) is 8.75. The molecular weight excluding hydrogens is 261 g/mol. The average molecular weight is 283 g/mol. The predicted octanol–water partition coefficient (Wildman–Crippen LogP) is 1.86. The molecule has 0 aromatic heterocycles. The van der Waals surface area contributed by atoms with Gasteiger partial charge in [-0.25, -0.2) is 9.87 Å². The summed E-state index contributed by atoms with van der Waals surface area (Å²) in [7, 11) is 0. The number of hydroxylamine groups is 1. The van der Waals surface area contributed by atoms with Crippen LogP contribution in [0, 0.1) is 19.7 Å². The number of carbonyl (C=O) groups excluding carboxylic acids is 1. The highest BCUT2D eigenvalue weighted by atomic mass is 19.1. The maximum atomic E-state index is 13.6. The fourth-order valence-corrected chi connectivity index (χ4v) is 2.07. The van der Waals surface area contributed by atoms with Crippen LogP contribution in [0.4, 0.5) is 10.1 Å². The molecule has 1 aromatic carbocycles. The molecule has 1 amide bonds. The summed E-state index contributed by atoms with van der Waals surface area (Å²) in [6, 6.07) is 2.71. The van der Waals surface area contributed by atoms with Gasteiger partial charge in [0.25, 0.3) is 5.91 Å². The van der Waals surface area contributed by atoms with Crippen LogP contribution in [0.5, 0.6) is 0 Å². The van der Waals surface area contributed by atoms with Crippen LogP contribution < -0.4 is 16.5 Å². The minimum absolute atomic E-state index is 0.248. The number of amides is 1. The smallest absolute Gasteiger partial charge is 0.265 e. The molecule has 0 unspecified atom stereocenters. The molecule has 20 heavy (non-hydrogen) atoms. The second-order valence-corrected chi connectivity index (χ2v) is 4.88. The van der Waals surface area contributed by atoms with Crippen molar-refractivity contribution in [3.8, 4) is 0 Å². The largest absolute Gasteiger partial charge is 0.374 e. The van der Waals surface area contributed by atoms with Gasteiger partial charge in [-0.3, -0.25) is 10.0 Å². The molecule has 0 aliphatic rings. The molecule has 1 atom stereocenters. The van der Waals surface area contributed by atoms with Crippen molar-refractivity contribution in [2.75, 3.05) is 11.9 Å². The van der Waals surface area contributed by atoms with Crippen molar-refractivity contribution in [2.24, 2.45) is 5.73 Å². The predicted molar refractivity (Wildman–Crippen MR) is 76.1 cm³/mol. The van der Waals surface area contributed by atoms with Crippen LogP contribution in [0.2, 0.25) is 0 Å². The van der Waals surface area contributed by atoms with Crippen molar-refractivity contribution in [3.63, 3.8) is 0 Å². The van der Waals surface area contributed by atoms with E-state index in [1.54, 1.807) is 31.5 Å². The summed E-state index contributed by atoms with van der Waals surface area (Å²) in [5, 5.41) is 11.8. The Kier molecular flexibility index (Phi) is 6.41. The van der Waals surface area contributed by atoms with Gasteiger partial charge in [0.15, 0.2) is 0 Å². The highest BCUT2D eigenvalue weighted by molar-refractivity contribution is 5.83. The number of unbranched alkanes of at least 4 members (excludes halogenated alkanes) is 1. The minimum atomic E-state index is -0.573. The molecule has 6 heteroatoms. The zero-order chi connectivity index (χ0) is 15.1. The van der Waals surface area contributed by atoms with E-state index in [9.17, 15) is 9.18 Å². The number of hydrogen-bond acceptors (Lipinski definition) is 4. The average Bonchev–Trinajstić information content (AvgIpc) is 2.43. The van der Waals surface area contributed by atoms with Gasteiger partial charge in [0.2, 0.25) is 0 Å². The molecule has 0 bridgehead atoms. The molecule has 0 radical (unpaired) electrons. The zero-order valence-electron chi connectivity index (χ0n) is 11.9. The Bertz CT molecular complexity index is 443. The van der Waals surface area contributed by atoms with Crippen molar-refractivity contribution in [1.29, 1.82) is 0 Å². The molecule has 0 aliphatic carbocycles. The molecule has 0 aliphatic heterocycles. The fraction of sp³-hybridized carbons (Fsp3) is 0.500. The quantitative estimate of drug-likeness (QED) is 0.349. The lowest BCUT2D eigenvalue weighted by molar-refractivity contribution is -0.130. The van der Waals surface area contributed by atoms with E-state index >= 15 is 0 Å². The molecule has 0 heterocycles. The van der Waals surface area contributed by atoms with Crippen molar-refractivity contribution in [1.82, 2.24) is 5.48 Å². The molecule has 5 N–H and O–H groups in total. The monoisotopic (exact) mass is 283 g/mol. The number of rotatable bonds is 7. The summed E-state index contributed by atoms with van der Waals surface area (Å²) < 4.78 is 13.6. The van der Waals surface area contributed by atoms with Crippen LogP contribution in [0.15, 0.2) is 12.1 Å². The molecule has 1 rings (SSSR count). The van der Waals surface area contributed by atoms with Crippen LogP contribution in [0.1, 0.15) is 30.4 Å². The van der Waals surface area contributed by atoms with Gasteiger partial charge in [0.05, 0.1) is 0 Å². The van der Waals surface area contributed by atoms with E-state index < -0.39 is 11.9 Å². The summed E-state index contributed by atoms with van der Waals surface area (Å²) in [4.78, 5) is 11.6. The molecule has 0 saturated carbocycles. The van der Waals surface area contributed by atoms with Crippen LogP contribution in [0.25, 0.3) is 0 Å². The standard InChI is InChI=1S/C14H22FN3O2/c1-9-7-11(8-10(2)13(9)15)17-12(14(19)18-20)5-3-4-6-16/h7-8,12,17,20H,3-6,16H2,1-2H3,(H,18,19)/t12-/m1/s1. The maximum absolute atomic E-state index is 13.6. The van der Waals surface area contributed by atoms with Crippen molar-refractivity contribution in [3.05, 3.63) is 29.1 Å². The van der Waals surface area contributed by atoms with Crippen molar-refractivity contribution < 1.29 is 14.4 Å². The first-order chi connectivity index (χ1) is 9.49. The summed E-state index contributed by atoms with van der Waals surface area (Å²) in [6.07, 6.45) is 2.11. The van der Waals surface area contributed by atoms with Gasteiger partial charge >= 0.3 is 0 Å². The molecule has 0 fully saturated rings. The SMILES string of the molecule is Cc1cc(N[C@H](CCCCN)C(=O)NO)cc(C)c1F. The van der Waals surface area contributed by atoms with Crippen LogP contribution >= 0.6 is 0 Å². The van der Waals surface area contributed by atoms with Crippen LogP contribution in [-0.2, 0) is 4.79 Å². The van der Waals surface area contributed by atoms with Crippen LogP contribution in [-0.4, -0.2) is 23.7 Å². The van der Waals surface area contributed by atoms with Crippen molar-refractivity contribution >= 4 is 11.6 Å². The normalized spacial score (nSPS) is 12.1. The maximum Gasteiger partial charge on any atom is 0.265 e. The number of carbonyl (C=O) groups is 1. The number of anilines is 1. The second-order valence-electron chi connectivity index (χ2n) is 4.88. The van der Waals surface area contributed by atoms with E-state index in [0.717, 1.165) is 12.8 Å². The van der Waals surface area contributed by atoms with E-state index in [-0.39, 0.29) is 5.82 Å².